The molecule has 1 aromatic heterocycles. The molecule has 5 nitrogen and oxygen atoms in total. The first-order valence-corrected chi connectivity index (χ1v) is 11.6. The third-order valence-corrected chi connectivity index (χ3v) is 7.40. The van der Waals surface area contributed by atoms with E-state index in [1.165, 1.54) is 11.8 Å². The maximum Gasteiger partial charge on any atom is 0.259 e. The standard InChI is InChI=1S/C24H24FN3O2S/c1-2-17(12-15-4-3-5-19-22(15)24(30)26-23(19)29)27-8-10-28(11-9-27)20-14-31-21-13-16(25)6-7-18(20)21/h3-7,13-14,17H,2,8-12H2,1H3,(H,26,29,30). The molecule has 0 bridgehead atoms. The van der Waals surface area contributed by atoms with Crippen molar-refractivity contribution in [1.29, 1.82) is 0 Å². The monoisotopic (exact) mass is 437 g/mol. The number of halogens is 1. The van der Waals surface area contributed by atoms with Gasteiger partial charge in [0.2, 0.25) is 0 Å². The quantitative estimate of drug-likeness (QED) is 0.612. The summed E-state index contributed by atoms with van der Waals surface area (Å²) in [7, 11) is 0. The first-order chi connectivity index (χ1) is 15.0. The first kappa shape index (κ1) is 20.2. The number of rotatable bonds is 5. The zero-order valence-corrected chi connectivity index (χ0v) is 18.2. The Labute approximate surface area is 184 Å². The van der Waals surface area contributed by atoms with Crippen molar-refractivity contribution in [3.05, 3.63) is 64.3 Å². The predicted molar refractivity (Wildman–Crippen MR) is 122 cm³/mol. The van der Waals surface area contributed by atoms with Crippen LogP contribution < -0.4 is 10.2 Å². The van der Waals surface area contributed by atoms with E-state index in [1.54, 1.807) is 23.5 Å². The lowest BCUT2D eigenvalue weighted by Gasteiger charge is -2.40. The molecule has 1 unspecified atom stereocenters. The van der Waals surface area contributed by atoms with E-state index in [-0.39, 0.29) is 17.6 Å². The van der Waals surface area contributed by atoms with E-state index in [9.17, 15) is 14.0 Å². The molecule has 3 aromatic rings. The maximum absolute atomic E-state index is 13.5. The van der Waals surface area contributed by atoms with E-state index >= 15 is 0 Å². The molecule has 0 spiro atoms. The number of carbonyl (C=O) groups excluding carboxylic acids is 2. The van der Waals surface area contributed by atoms with E-state index in [0.717, 1.165) is 54.7 Å². The molecule has 3 heterocycles. The fourth-order valence-corrected chi connectivity index (χ4v) is 5.80. The summed E-state index contributed by atoms with van der Waals surface area (Å²) in [6.45, 7) is 5.85. The van der Waals surface area contributed by atoms with Crippen LogP contribution in [0.4, 0.5) is 10.1 Å². The minimum atomic E-state index is -0.300. The third kappa shape index (κ3) is 3.62. The molecule has 1 fully saturated rings. The molecular weight excluding hydrogens is 413 g/mol. The summed E-state index contributed by atoms with van der Waals surface area (Å²) in [5.74, 6) is -0.776. The fraction of sp³-hybridized carbons (Fsp3) is 0.333. The van der Waals surface area contributed by atoms with Crippen LogP contribution in [-0.2, 0) is 6.42 Å². The number of amides is 2. The molecule has 31 heavy (non-hydrogen) atoms. The first-order valence-electron chi connectivity index (χ1n) is 10.7. The second-order valence-electron chi connectivity index (χ2n) is 8.17. The lowest BCUT2D eigenvalue weighted by Crippen LogP contribution is -2.51. The number of piperazine rings is 1. The van der Waals surface area contributed by atoms with Crippen molar-refractivity contribution in [1.82, 2.24) is 10.2 Å². The SMILES string of the molecule is CCC(Cc1cccc2c1C(=O)NC2=O)N1CCN(c2csc3cc(F)ccc23)CC1. The summed E-state index contributed by atoms with van der Waals surface area (Å²) in [4.78, 5) is 29.1. The number of nitrogens with zero attached hydrogens (tertiary/aromatic N) is 2. The van der Waals surface area contributed by atoms with Gasteiger partial charge in [0.1, 0.15) is 5.82 Å². The lowest BCUT2D eigenvalue weighted by atomic mass is 9.95. The van der Waals surface area contributed by atoms with E-state index < -0.39 is 0 Å². The molecule has 2 amide bonds. The van der Waals surface area contributed by atoms with Crippen molar-refractivity contribution in [2.75, 3.05) is 31.1 Å². The summed E-state index contributed by atoms with van der Waals surface area (Å²) in [5.41, 5.74) is 3.16. The van der Waals surface area contributed by atoms with Crippen LogP contribution in [0, 0.1) is 5.82 Å². The third-order valence-electron chi connectivity index (χ3n) is 6.46. The molecule has 1 N–H and O–H groups in total. The van der Waals surface area contributed by atoms with Gasteiger partial charge in [-0.3, -0.25) is 19.8 Å². The highest BCUT2D eigenvalue weighted by atomic mass is 32.1. The summed E-state index contributed by atoms with van der Waals surface area (Å²) in [6.07, 6.45) is 1.72. The van der Waals surface area contributed by atoms with Gasteiger partial charge in [-0.1, -0.05) is 19.1 Å². The van der Waals surface area contributed by atoms with E-state index in [1.807, 2.05) is 18.2 Å². The zero-order valence-electron chi connectivity index (χ0n) is 17.4. The van der Waals surface area contributed by atoms with Gasteiger partial charge in [0, 0.05) is 47.7 Å². The van der Waals surface area contributed by atoms with Crippen molar-refractivity contribution in [3.63, 3.8) is 0 Å². The van der Waals surface area contributed by atoms with Crippen LogP contribution in [0.2, 0.25) is 0 Å². The Bertz CT molecular complexity index is 1170. The van der Waals surface area contributed by atoms with E-state index in [0.29, 0.717) is 17.2 Å². The molecule has 2 aliphatic rings. The van der Waals surface area contributed by atoms with Crippen molar-refractivity contribution in [3.8, 4) is 0 Å². The van der Waals surface area contributed by atoms with Gasteiger partial charge in [0.15, 0.2) is 0 Å². The van der Waals surface area contributed by atoms with E-state index in [2.05, 4.69) is 27.4 Å². The minimum absolute atomic E-state index is 0.195. The molecule has 0 saturated carbocycles. The normalized spacial score (nSPS) is 17.8. The molecule has 0 radical (unpaired) electrons. The van der Waals surface area contributed by atoms with Crippen LogP contribution in [0.3, 0.4) is 0 Å². The summed E-state index contributed by atoms with van der Waals surface area (Å²) < 4.78 is 14.5. The Morgan fingerprint density at radius 1 is 1.10 bits per heavy atom. The van der Waals surface area contributed by atoms with Gasteiger partial charge in [0.25, 0.3) is 11.8 Å². The number of carbonyl (C=O) groups is 2. The number of hydrogen-bond acceptors (Lipinski definition) is 5. The number of fused-ring (bicyclic) bond motifs is 2. The van der Waals surface area contributed by atoms with Crippen LogP contribution in [-0.4, -0.2) is 48.9 Å². The Kier molecular flexibility index (Phi) is 5.24. The number of thiophene rings is 1. The number of anilines is 1. The van der Waals surface area contributed by atoms with Crippen molar-refractivity contribution >= 4 is 38.9 Å². The second kappa shape index (κ2) is 8.05. The number of benzene rings is 2. The summed E-state index contributed by atoms with van der Waals surface area (Å²) >= 11 is 1.59. The topological polar surface area (TPSA) is 52.7 Å². The predicted octanol–water partition coefficient (Wildman–Crippen LogP) is 4.07. The smallest absolute Gasteiger partial charge is 0.259 e. The molecule has 7 heteroatoms. The molecule has 0 aliphatic carbocycles. The molecule has 2 aromatic carbocycles. The fourth-order valence-electron chi connectivity index (χ4n) is 4.81. The number of nitrogens with one attached hydrogen (secondary N) is 1. The van der Waals surface area contributed by atoms with Gasteiger partial charge in [0.05, 0.1) is 16.8 Å². The lowest BCUT2D eigenvalue weighted by molar-refractivity contribution is 0.0879. The average Bonchev–Trinajstić information content (AvgIpc) is 3.32. The van der Waals surface area contributed by atoms with Gasteiger partial charge < -0.3 is 4.90 Å². The van der Waals surface area contributed by atoms with Crippen molar-refractivity contribution < 1.29 is 14.0 Å². The number of imide groups is 1. The van der Waals surface area contributed by atoms with Gasteiger partial charge in [-0.15, -0.1) is 11.3 Å². The summed E-state index contributed by atoms with van der Waals surface area (Å²) in [5, 5.41) is 5.65. The molecule has 1 atom stereocenters. The van der Waals surface area contributed by atoms with Gasteiger partial charge >= 0.3 is 0 Å². The minimum Gasteiger partial charge on any atom is -0.368 e. The summed E-state index contributed by atoms with van der Waals surface area (Å²) in [6, 6.07) is 10.9. The van der Waals surface area contributed by atoms with Crippen LogP contribution >= 0.6 is 11.3 Å². The second-order valence-corrected chi connectivity index (χ2v) is 9.08. The molecular formula is C24H24FN3O2S. The Morgan fingerprint density at radius 2 is 1.90 bits per heavy atom. The Balaban J connectivity index is 1.30. The molecule has 160 valence electrons. The molecule has 5 rings (SSSR count). The van der Waals surface area contributed by atoms with Crippen LogP contribution in [0.15, 0.2) is 41.8 Å². The Morgan fingerprint density at radius 3 is 2.68 bits per heavy atom. The number of hydrogen-bond donors (Lipinski definition) is 1. The Hall–Kier alpha value is -2.77. The van der Waals surface area contributed by atoms with Crippen LogP contribution in [0.5, 0.6) is 0 Å². The highest BCUT2D eigenvalue weighted by Gasteiger charge is 2.31. The van der Waals surface area contributed by atoms with Crippen LogP contribution in [0.1, 0.15) is 39.6 Å². The average molecular weight is 438 g/mol. The van der Waals surface area contributed by atoms with E-state index in [4.69, 9.17) is 0 Å². The zero-order chi connectivity index (χ0) is 21.5. The van der Waals surface area contributed by atoms with Gasteiger partial charge in [-0.05, 0) is 42.7 Å². The largest absolute Gasteiger partial charge is 0.368 e. The highest BCUT2D eigenvalue weighted by molar-refractivity contribution is 7.17. The van der Waals surface area contributed by atoms with Crippen molar-refractivity contribution in [2.24, 2.45) is 0 Å². The van der Waals surface area contributed by atoms with Gasteiger partial charge in [-0.25, -0.2) is 4.39 Å². The molecule has 2 aliphatic heterocycles. The van der Waals surface area contributed by atoms with Crippen LogP contribution in [0.25, 0.3) is 10.1 Å². The molecule has 1 saturated heterocycles. The maximum atomic E-state index is 13.5. The highest BCUT2D eigenvalue weighted by Crippen LogP contribution is 2.34. The van der Waals surface area contributed by atoms with Crippen molar-refractivity contribution in [2.45, 2.75) is 25.8 Å². The van der Waals surface area contributed by atoms with Gasteiger partial charge in [-0.2, -0.15) is 0 Å².